The summed E-state index contributed by atoms with van der Waals surface area (Å²) in [5.41, 5.74) is 7.32. The van der Waals surface area contributed by atoms with Gasteiger partial charge in [-0.25, -0.2) is 14.8 Å². The number of benzene rings is 1. The zero-order chi connectivity index (χ0) is 21.4. The van der Waals surface area contributed by atoms with E-state index in [-0.39, 0.29) is 12.0 Å². The number of hydrogen-bond donors (Lipinski definition) is 3. The number of carbonyl (C=O) groups is 2. The number of aliphatic imine (C=N–C) groups is 1. The van der Waals surface area contributed by atoms with E-state index in [1.165, 1.54) is 11.3 Å². The van der Waals surface area contributed by atoms with Crippen molar-refractivity contribution < 1.29 is 14.3 Å². The van der Waals surface area contributed by atoms with Gasteiger partial charge in [-0.1, -0.05) is 12.1 Å². The largest absolute Gasteiger partial charge is 0.462 e. The Morgan fingerprint density at radius 3 is 2.76 bits per heavy atom. The maximum absolute atomic E-state index is 12.0. The molecule has 0 radical (unpaired) electrons. The van der Waals surface area contributed by atoms with Crippen molar-refractivity contribution in [3.63, 3.8) is 0 Å². The van der Waals surface area contributed by atoms with Gasteiger partial charge in [0.2, 0.25) is 5.91 Å². The number of rotatable bonds is 8. The summed E-state index contributed by atoms with van der Waals surface area (Å²) in [4.78, 5) is 32.9. The molecule has 0 saturated heterocycles. The number of guanidine groups is 1. The van der Waals surface area contributed by atoms with Gasteiger partial charge in [0.25, 0.3) is 0 Å². The molecule has 29 heavy (non-hydrogen) atoms. The van der Waals surface area contributed by atoms with Crippen molar-refractivity contribution in [3.8, 4) is 0 Å². The normalized spacial score (nSPS) is 12.3. The summed E-state index contributed by atoms with van der Waals surface area (Å²) >= 11 is 1.31. The van der Waals surface area contributed by atoms with Gasteiger partial charge in [0.15, 0.2) is 5.96 Å². The van der Waals surface area contributed by atoms with Crippen molar-refractivity contribution in [2.24, 2.45) is 10.7 Å². The number of aromatic nitrogens is 1. The van der Waals surface area contributed by atoms with Gasteiger partial charge in [0, 0.05) is 12.1 Å². The SMILES string of the molecule is CCNC(=NCc1cccc(C(N)=O)c1)NC(C)c1nc(C)c(C(=O)OCC)s1. The van der Waals surface area contributed by atoms with Crippen LogP contribution < -0.4 is 16.4 Å². The van der Waals surface area contributed by atoms with E-state index in [1.807, 2.05) is 19.9 Å². The lowest BCUT2D eigenvalue weighted by Crippen LogP contribution is -2.38. The molecule has 1 aromatic heterocycles. The van der Waals surface area contributed by atoms with E-state index < -0.39 is 5.91 Å². The van der Waals surface area contributed by atoms with Crippen molar-refractivity contribution in [2.45, 2.75) is 40.3 Å². The summed E-state index contributed by atoms with van der Waals surface area (Å²) in [6, 6.07) is 6.92. The number of esters is 1. The topological polar surface area (TPSA) is 119 Å². The maximum Gasteiger partial charge on any atom is 0.350 e. The molecule has 0 aliphatic rings. The zero-order valence-electron chi connectivity index (χ0n) is 17.1. The fourth-order valence-corrected chi connectivity index (χ4v) is 3.53. The minimum absolute atomic E-state index is 0.156. The molecule has 4 N–H and O–H groups in total. The molecule has 2 rings (SSSR count). The van der Waals surface area contributed by atoms with E-state index in [9.17, 15) is 9.59 Å². The summed E-state index contributed by atoms with van der Waals surface area (Å²) in [7, 11) is 0. The van der Waals surface area contributed by atoms with Gasteiger partial charge in [0.05, 0.1) is 24.9 Å². The molecule has 1 heterocycles. The minimum atomic E-state index is -0.467. The highest BCUT2D eigenvalue weighted by Gasteiger charge is 2.20. The molecular weight excluding hydrogens is 390 g/mol. The number of aryl methyl sites for hydroxylation is 1. The summed E-state index contributed by atoms with van der Waals surface area (Å²) < 4.78 is 5.08. The van der Waals surface area contributed by atoms with Crippen LogP contribution in [0.4, 0.5) is 0 Å². The number of primary amides is 1. The Bertz CT molecular complexity index is 894. The number of nitrogens with zero attached hydrogens (tertiary/aromatic N) is 2. The van der Waals surface area contributed by atoms with Crippen molar-refractivity contribution in [3.05, 3.63) is 51.0 Å². The molecule has 9 heteroatoms. The van der Waals surface area contributed by atoms with Gasteiger partial charge in [-0.3, -0.25) is 4.79 Å². The molecule has 1 amide bonds. The second-order valence-corrected chi connectivity index (χ2v) is 7.34. The van der Waals surface area contributed by atoms with Crippen LogP contribution in [0.25, 0.3) is 0 Å². The average molecular weight is 418 g/mol. The molecule has 0 aliphatic heterocycles. The first-order valence-electron chi connectivity index (χ1n) is 9.43. The number of hydrogen-bond acceptors (Lipinski definition) is 6. The van der Waals surface area contributed by atoms with E-state index in [2.05, 4.69) is 20.6 Å². The predicted molar refractivity (Wildman–Crippen MR) is 114 cm³/mol. The third-order valence-electron chi connectivity index (χ3n) is 3.97. The Balaban J connectivity index is 2.12. The lowest BCUT2D eigenvalue weighted by molar-refractivity contribution is 0.0531. The van der Waals surface area contributed by atoms with Gasteiger partial charge >= 0.3 is 5.97 Å². The molecule has 2 aromatic rings. The molecule has 1 atom stereocenters. The summed E-state index contributed by atoms with van der Waals surface area (Å²) in [6.07, 6.45) is 0. The Morgan fingerprint density at radius 2 is 2.10 bits per heavy atom. The minimum Gasteiger partial charge on any atom is -0.462 e. The zero-order valence-corrected chi connectivity index (χ0v) is 17.9. The van der Waals surface area contributed by atoms with Crippen LogP contribution in [0.1, 0.15) is 63.1 Å². The molecular formula is C20H27N5O3S. The Morgan fingerprint density at radius 1 is 1.34 bits per heavy atom. The van der Waals surface area contributed by atoms with E-state index in [1.54, 1.807) is 32.0 Å². The van der Waals surface area contributed by atoms with Crippen molar-refractivity contribution >= 4 is 29.2 Å². The van der Waals surface area contributed by atoms with Crippen LogP contribution in [0, 0.1) is 6.92 Å². The highest BCUT2D eigenvalue weighted by atomic mass is 32.1. The van der Waals surface area contributed by atoms with Gasteiger partial charge in [-0.15, -0.1) is 11.3 Å². The molecule has 1 unspecified atom stereocenters. The number of carbonyl (C=O) groups excluding carboxylic acids is 2. The van der Waals surface area contributed by atoms with Crippen LogP contribution in [0.2, 0.25) is 0 Å². The van der Waals surface area contributed by atoms with E-state index in [4.69, 9.17) is 10.5 Å². The van der Waals surface area contributed by atoms with Crippen molar-refractivity contribution in [1.29, 1.82) is 0 Å². The Kier molecular flexibility index (Phi) is 8.14. The Hall–Kier alpha value is -2.94. The summed E-state index contributed by atoms with van der Waals surface area (Å²) in [6.45, 7) is 8.89. The van der Waals surface area contributed by atoms with Crippen LogP contribution in [0.3, 0.4) is 0 Å². The molecule has 156 valence electrons. The third kappa shape index (κ3) is 6.28. The number of amides is 1. The number of ether oxygens (including phenoxy) is 1. The standard InChI is InChI=1S/C20H27N5O3S/c1-5-22-20(23-11-14-8-7-9-15(10-14)17(21)26)25-13(4)18-24-12(3)16(29-18)19(27)28-6-2/h7-10,13H,5-6,11H2,1-4H3,(H2,21,26)(H2,22,23,25). The van der Waals surface area contributed by atoms with Gasteiger partial charge in [-0.05, 0) is 45.4 Å². The lowest BCUT2D eigenvalue weighted by Gasteiger charge is -2.16. The number of nitrogens with two attached hydrogens (primary N) is 1. The highest BCUT2D eigenvalue weighted by Crippen LogP contribution is 2.24. The predicted octanol–water partition coefficient (Wildman–Crippen LogP) is 2.54. The number of thiazole rings is 1. The fraction of sp³-hybridized carbons (Fsp3) is 0.400. The van der Waals surface area contributed by atoms with Crippen LogP contribution in [0.5, 0.6) is 0 Å². The molecule has 0 spiro atoms. The molecule has 1 aromatic carbocycles. The lowest BCUT2D eigenvalue weighted by atomic mass is 10.1. The van der Waals surface area contributed by atoms with Crippen LogP contribution in [0.15, 0.2) is 29.3 Å². The highest BCUT2D eigenvalue weighted by molar-refractivity contribution is 7.13. The molecule has 0 aliphatic carbocycles. The molecule has 0 bridgehead atoms. The van der Waals surface area contributed by atoms with Gasteiger partial charge in [0.1, 0.15) is 9.88 Å². The molecule has 0 saturated carbocycles. The molecule has 0 fully saturated rings. The number of nitrogens with one attached hydrogen (secondary N) is 2. The van der Waals surface area contributed by atoms with Gasteiger partial charge < -0.3 is 21.1 Å². The average Bonchev–Trinajstić information content (AvgIpc) is 3.08. The van der Waals surface area contributed by atoms with Gasteiger partial charge in [-0.2, -0.15) is 0 Å². The summed E-state index contributed by atoms with van der Waals surface area (Å²) in [5.74, 6) is -0.211. The van der Waals surface area contributed by atoms with Crippen molar-refractivity contribution in [1.82, 2.24) is 15.6 Å². The molecule has 8 nitrogen and oxygen atoms in total. The van der Waals surface area contributed by atoms with Crippen molar-refractivity contribution in [2.75, 3.05) is 13.2 Å². The Labute approximate surface area is 174 Å². The first-order valence-corrected chi connectivity index (χ1v) is 10.2. The van der Waals surface area contributed by atoms with E-state index >= 15 is 0 Å². The third-order valence-corrected chi connectivity index (χ3v) is 5.29. The first kappa shape index (κ1) is 22.4. The summed E-state index contributed by atoms with van der Waals surface area (Å²) in [5, 5.41) is 7.25. The second kappa shape index (κ2) is 10.6. The van der Waals surface area contributed by atoms with Crippen LogP contribution in [-0.2, 0) is 11.3 Å². The second-order valence-electron chi connectivity index (χ2n) is 6.31. The maximum atomic E-state index is 12.0. The monoisotopic (exact) mass is 417 g/mol. The van der Waals surface area contributed by atoms with Crippen LogP contribution >= 0.6 is 11.3 Å². The van der Waals surface area contributed by atoms with Crippen LogP contribution in [-0.4, -0.2) is 36.0 Å². The first-order chi connectivity index (χ1) is 13.8. The smallest absolute Gasteiger partial charge is 0.350 e. The fourth-order valence-electron chi connectivity index (χ4n) is 2.57. The quantitative estimate of drug-likeness (QED) is 0.345. The van der Waals surface area contributed by atoms with E-state index in [0.29, 0.717) is 41.8 Å². The van der Waals surface area contributed by atoms with E-state index in [0.717, 1.165) is 10.6 Å².